The van der Waals surface area contributed by atoms with Crippen LogP contribution in [0.3, 0.4) is 0 Å². The van der Waals surface area contributed by atoms with Gasteiger partial charge < -0.3 is 0 Å². The molecule has 19 heavy (non-hydrogen) atoms. The number of carbonyl (C=O) groups is 1. The zero-order chi connectivity index (χ0) is 14.2. The Hall–Kier alpha value is -1.89. The number of hydrogen-bond acceptors (Lipinski definition) is 1. The first-order chi connectivity index (χ1) is 8.95. The molecule has 2 rings (SSSR count). The van der Waals surface area contributed by atoms with Crippen LogP contribution in [0.5, 0.6) is 0 Å². The summed E-state index contributed by atoms with van der Waals surface area (Å²) in [5.41, 5.74) is 9.59. The first kappa shape index (κ1) is 13.5. The smallest absolute Gasteiger partial charge is 0.150 e. The monoisotopic (exact) mass is 252 g/mol. The summed E-state index contributed by atoms with van der Waals surface area (Å²) < 4.78 is 0. The summed E-state index contributed by atoms with van der Waals surface area (Å²) in [7, 11) is 0. The van der Waals surface area contributed by atoms with E-state index in [9.17, 15) is 4.79 Å². The van der Waals surface area contributed by atoms with E-state index in [4.69, 9.17) is 0 Å². The maximum Gasteiger partial charge on any atom is 0.150 e. The lowest BCUT2D eigenvalue weighted by Gasteiger charge is -2.17. The van der Waals surface area contributed by atoms with Crippen LogP contribution in [0.25, 0.3) is 11.1 Å². The average molecular weight is 252 g/mol. The van der Waals surface area contributed by atoms with Crippen molar-refractivity contribution in [2.24, 2.45) is 0 Å². The third-order valence-electron chi connectivity index (χ3n) is 4.03. The topological polar surface area (TPSA) is 17.1 Å². The van der Waals surface area contributed by atoms with Gasteiger partial charge in [-0.3, -0.25) is 4.79 Å². The molecule has 0 aliphatic heterocycles. The molecule has 0 heterocycles. The summed E-state index contributed by atoms with van der Waals surface area (Å²) in [5, 5.41) is 0. The third-order valence-corrected chi connectivity index (χ3v) is 4.03. The van der Waals surface area contributed by atoms with Gasteiger partial charge in [0.25, 0.3) is 0 Å². The molecule has 0 aliphatic rings. The highest BCUT2D eigenvalue weighted by Crippen LogP contribution is 2.33. The summed E-state index contributed by atoms with van der Waals surface area (Å²) in [5.74, 6) is 0. The quantitative estimate of drug-likeness (QED) is 0.707. The summed E-state index contributed by atoms with van der Waals surface area (Å²) in [6.07, 6.45) is 0.913. The Labute approximate surface area is 115 Å². The lowest BCUT2D eigenvalue weighted by molar-refractivity contribution is 0.112. The fourth-order valence-corrected chi connectivity index (χ4v) is 2.60. The molecule has 98 valence electrons. The molecule has 0 spiro atoms. The van der Waals surface area contributed by atoms with Crippen LogP contribution in [0, 0.1) is 34.6 Å². The van der Waals surface area contributed by atoms with E-state index in [-0.39, 0.29) is 0 Å². The summed E-state index contributed by atoms with van der Waals surface area (Å²) in [6.45, 7) is 10.7. The van der Waals surface area contributed by atoms with Gasteiger partial charge >= 0.3 is 0 Å². The first-order valence-corrected chi connectivity index (χ1v) is 6.59. The SMILES string of the molecule is Cc1ccc(C=O)cc1-c1c(C)c(C)cc(C)c1C. The highest BCUT2D eigenvalue weighted by atomic mass is 16.1. The van der Waals surface area contributed by atoms with Crippen molar-refractivity contribution in [3.63, 3.8) is 0 Å². The van der Waals surface area contributed by atoms with E-state index >= 15 is 0 Å². The minimum Gasteiger partial charge on any atom is -0.298 e. The fourth-order valence-electron chi connectivity index (χ4n) is 2.60. The first-order valence-electron chi connectivity index (χ1n) is 6.59. The van der Waals surface area contributed by atoms with Crippen molar-refractivity contribution in [3.8, 4) is 11.1 Å². The van der Waals surface area contributed by atoms with E-state index in [1.54, 1.807) is 0 Å². The van der Waals surface area contributed by atoms with Crippen LogP contribution in [0.1, 0.15) is 38.2 Å². The van der Waals surface area contributed by atoms with E-state index in [1.165, 1.54) is 38.9 Å². The van der Waals surface area contributed by atoms with Crippen LogP contribution < -0.4 is 0 Å². The largest absolute Gasteiger partial charge is 0.298 e. The van der Waals surface area contributed by atoms with Gasteiger partial charge in [-0.15, -0.1) is 0 Å². The molecule has 0 radical (unpaired) electrons. The van der Waals surface area contributed by atoms with Gasteiger partial charge in [0, 0.05) is 5.56 Å². The molecule has 2 aromatic rings. The third kappa shape index (κ3) is 2.33. The molecule has 0 saturated heterocycles. The van der Waals surface area contributed by atoms with Crippen molar-refractivity contribution >= 4 is 6.29 Å². The second kappa shape index (κ2) is 5.00. The Morgan fingerprint density at radius 1 is 0.789 bits per heavy atom. The van der Waals surface area contributed by atoms with Gasteiger partial charge in [0.05, 0.1) is 0 Å². The van der Waals surface area contributed by atoms with Crippen molar-refractivity contribution < 1.29 is 4.79 Å². The molecule has 1 heteroatoms. The standard InChI is InChI=1S/C18H20O/c1-11-6-7-16(10-19)9-17(11)18-14(4)12(2)8-13(3)15(18)5/h6-10H,1-5H3. The average Bonchev–Trinajstić information content (AvgIpc) is 2.39. The molecule has 0 aromatic heterocycles. The molecule has 0 N–H and O–H groups in total. The molecule has 0 amide bonds. The maximum atomic E-state index is 11.0. The second-order valence-electron chi connectivity index (χ2n) is 5.33. The van der Waals surface area contributed by atoms with E-state index in [1.807, 2.05) is 18.2 Å². The number of hydrogen-bond donors (Lipinski definition) is 0. The normalized spacial score (nSPS) is 10.6. The Balaban J connectivity index is 2.82. The van der Waals surface area contributed by atoms with Crippen LogP contribution in [0.15, 0.2) is 24.3 Å². The second-order valence-corrected chi connectivity index (χ2v) is 5.33. The van der Waals surface area contributed by atoms with Gasteiger partial charge in [0.2, 0.25) is 0 Å². The van der Waals surface area contributed by atoms with Gasteiger partial charge in [-0.05, 0) is 79.6 Å². The van der Waals surface area contributed by atoms with Crippen LogP contribution in [0.4, 0.5) is 0 Å². The highest BCUT2D eigenvalue weighted by molar-refractivity contribution is 5.82. The van der Waals surface area contributed by atoms with Crippen LogP contribution in [-0.4, -0.2) is 6.29 Å². The molecular weight excluding hydrogens is 232 g/mol. The molecule has 0 atom stereocenters. The van der Waals surface area contributed by atoms with Gasteiger partial charge in [-0.1, -0.05) is 18.2 Å². The van der Waals surface area contributed by atoms with Crippen LogP contribution in [0.2, 0.25) is 0 Å². The van der Waals surface area contributed by atoms with Crippen LogP contribution in [-0.2, 0) is 0 Å². The molecule has 0 unspecified atom stereocenters. The summed E-state index contributed by atoms with van der Waals surface area (Å²) in [4.78, 5) is 11.0. The minimum atomic E-state index is 0.735. The Bertz CT molecular complexity index is 625. The minimum absolute atomic E-state index is 0.735. The zero-order valence-corrected chi connectivity index (χ0v) is 12.3. The molecule has 0 saturated carbocycles. The lowest BCUT2D eigenvalue weighted by Crippen LogP contribution is -1.97. The van der Waals surface area contributed by atoms with Crippen molar-refractivity contribution in [1.29, 1.82) is 0 Å². The van der Waals surface area contributed by atoms with Gasteiger partial charge in [-0.25, -0.2) is 0 Å². The molecule has 0 fully saturated rings. The number of aldehydes is 1. The maximum absolute atomic E-state index is 11.0. The predicted octanol–water partition coefficient (Wildman–Crippen LogP) is 4.71. The molecular formula is C18H20O. The Kier molecular flexibility index (Phi) is 3.57. The predicted molar refractivity (Wildman–Crippen MR) is 81.0 cm³/mol. The highest BCUT2D eigenvalue weighted by Gasteiger charge is 2.12. The van der Waals surface area contributed by atoms with E-state index in [0.717, 1.165) is 11.8 Å². The van der Waals surface area contributed by atoms with Gasteiger partial charge in [-0.2, -0.15) is 0 Å². The fraction of sp³-hybridized carbons (Fsp3) is 0.278. The van der Waals surface area contributed by atoms with E-state index < -0.39 is 0 Å². The van der Waals surface area contributed by atoms with Crippen molar-refractivity contribution in [1.82, 2.24) is 0 Å². The number of benzene rings is 2. The number of aryl methyl sites for hydroxylation is 3. The molecule has 0 bridgehead atoms. The zero-order valence-electron chi connectivity index (χ0n) is 12.3. The lowest BCUT2D eigenvalue weighted by atomic mass is 9.87. The van der Waals surface area contributed by atoms with Crippen molar-refractivity contribution in [3.05, 3.63) is 57.6 Å². The molecule has 0 aliphatic carbocycles. The van der Waals surface area contributed by atoms with E-state index in [0.29, 0.717) is 0 Å². The van der Waals surface area contributed by atoms with E-state index in [2.05, 4.69) is 40.7 Å². The van der Waals surface area contributed by atoms with Crippen molar-refractivity contribution in [2.75, 3.05) is 0 Å². The van der Waals surface area contributed by atoms with Crippen LogP contribution >= 0.6 is 0 Å². The molecule has 1 nitrogen and oxygen atoms in total. The van der Waals surface area contributed by atoms with Gasteiger partial charge in [0.1, 0.15) is 6.29 Å². The molecule has 2 aromatic carbocycles. The Morgan fingerprint density at radius 2 is 1.37 bits per heavy atom. The number of rotatable bonds is 2. The number of carbonyl (C=O) groups excluding carboxylic acids is 1. The Morgan fingerprint density at radius 3 is 1.89 bits per heavy atom. The summed E-state index contributed by atoms with van der Waals surface area (Å²) in [6, 6.07) is 8.12. The van der Waals surface area contributed by atoms with Crippen molar-refractivity contribution in [2.45, 2.75) is 34.6 Å². The summed E-state index contributed by atoms with van der Waals surface area (Å²) >= 11 is 0. The van der Waals surface area contributed by atoms with Gasteiger partial charge in [0.15, 0.2) is 0 Å².